The normalized spacial score (nSPS) is 17.4. The summed E-state index contributed by atoms with van der Waals surface area (Å²) in [7, 11) is 4.33. The average Bonchev–Trinajstić information content (AvgIpc) is 3.53. The van der Waals surface area contributed by atoms with Gasteiger partial charge in [-0.3, -0.25) is 0 Å². The summed E-state index contributed by atoms with van der Waals surface area (Å²) >= 11 is 0. The van der Waals surface area contributed by atoms with Crippen LogP contribution in [0.5, 0.6) is 34.5 Å². The van der Waals surface area contributed by atoms with Gasteiger partial charge >= 0.3 is 11.9 Å². The Morgan fingerprint density at radius 1 is 0.925 bits per heavy atom. The van der Waals surface area contributed by atoms with Gasteiger partial charge < -0.3 is 43.4 Å². The van der Waals surface area contributed by atoms with E-state index in [2.05, 4.69) is 0 Å². The van der Waals surface area contributed by atoms with Crippen LogP contribution in [0.15, 0.2) is 60.2 Å². The number of methoxy groups -OCH3 is 3. The molecule has 1 unspecified atom stereocenters. The SMILES string of the molecule is COc1ccc(C2(O)OC(=O)C(c3ccc4c(c3)OCO4)=C2Cc2ccc(OCC(=O)O)c(OC)c2OC)cc1. The molecule has 0 spiro atoms. The van der Waals surface area contributed by atoms with Crippen LogP contribution in [0.3, 0.4) is 0 Å². The van der Waals surface area contributed by atoms with Crippen LogP contribution in [-0.4, -0.2) is 56.9 Å². The van der Waals surface area contributed by atoms with Crippen LogP contribution in [0.25, 0.3) is 5.57 Å². The van der Waals surface area contributed by atoms with E-state index in [0.29, 0.717) is 33.9 Å². The van der Waals surface area contributed by atoms with Gasteiger partial charge in [0.2, 0.25) is 12.5 Å². The molecule has 0 fully saturated rings. The summed E-state index contributed by atoms with van der Waals surface area (Å²) in [4.78, 5) is 24.4. The van der Waals surface area contributed by atoms with E-state index >= 15 is 0 Å². The number of aliphatic carboxylic acids is 1. The third kappa shape index (κ3) is 4.71. The Bertz CT molecular complexity index is 1490. The minimum atomic E-state index is -2.13. The van der Waals surface area contributed by atoms with Gasteiger partial charge in [-0.05, 0) is 48.0 Å². The van der Waals surface area contributed by atoms with Gasteiger partial charge in [-0.25, -0.2) is 9.59 Å². The van der Waals surface area contributed by atoms with Crippen LogP contribution in [-0.2, 0) is 26.5 Å². The molecule has 5 rings (SSSR count). The first-order chi connectivity index (χ1) is 19.3. The molecular formula is C29H26O11. The van der Waals surface area contributed by atoms with Crippen molar-refractivity contribution in [3.8, 4) is 34.5 Å². The quantitative estimate of drug-likeness (QED) is 0.360. The molecule has 0 amide bonds. The molecule has 0 radical (unpaired) electrons. The van der Waals surface area contributed by atoms with E-state index in [1.54, 1.807) is 48.5 Å². The molecule has 3 aromatic carbocycles. The van der Waals surface area contributed by atoms with Gasteiger partial charge in [-0.1, -0.05) is 12.1 Å². The predicted molar refractivity (Wildman–Crippen MR) is 139 cm³/mol. The minimum absolute atomic E-state index is 0.0171. The van der Waals surface area contributed by atoms with E-state index in [9.17, 15) is 14.7 Å². The van der Waals surface area contributed by atoms with Gasteiger partial charge in [0, 0.05) is 23.1 Å². The number of carbonyl (C=O) groups excluding carboxylic acids is 1. The molecule has 2 aliphatic rings. The van der Waals surface area contributed by atoms with Crippen LogP contribution in [0.1, 0.15) is 16.7 Å². The van der Waals surface area contributed by atoms with Crippen molar-refractivity contribution >= 4 is 17.5 Å². The first kappa shape index (κ1) is 26.7. The lowest BCUT2D eigenvalue weighted by Crippen LogP contribution is -2.29. The van der Waals surface area contributed by atoms with Crippen LogP contribution in [0.4, 0.5) is 0 Å². The largest absolute Gasteiger partial charge is 0.497 e. The molecule has 2 N–H and O–H groups in total. The first-order valence-corrected chi connectivity index (χ1v) is 12.1. The van der Waals surface area contributed by atoms with Crippen molar-refractivity contribution in [1.82, 2.24) is 0 Å². The molecule has 2 aliphatic heterocycles. The topological polar surface area (TPSA) is 139 Å². The molecule has 0 saturated heterocycles. The van der Waals surface area contributed by atoms with E-state index in [0.717, 1.165) is 0 Å². The highest BCUT2D eigenvalue weighted by Gasteiger charge is 2.48. The summed E-state index contributed by atoms with van der Waals surface area (Å²) in [5, 5.41) is 21.0. The van der Waals surface area contributed by atoms with Crippen LogP contribution in [0.2, 0.25) is 0 Å². The maximum Gasteiger partial charge on any atom is 0.342 e. The van der Waals surface area contributed by atoms with Crippen molar-refractivity contribution in [3.63, 3.8) is 0 Å². The van der Waals surface area contributed by atoms with Gasteiger partial charge in [0.15, 0.2) is 29.6 Å². The molecule has 0 aliphatic carbocycles. The maximum absolute atomic E-state index is 13.4. The summed E-state index contributed by atoms with van der Waals surface area (Å²) in [6.45, 7) is -0.532. The third-order valence-corrected chi connectivity index (χ3v) is 6.58. The maximum atomic E-state index is 13.4. The molecule has 1 atom stereocenters. The number of hydrogen-bond acceptors (Lipinski definition) is 10. The smallest absolute Gasteiger partial charge is 0.342 e. The van der Waals surface area contributed by atoms with Crippen LogP contribution in [0, 0.1) is 0 Å². The van der Waals surface area contributed by atoms with Crippen molar-refractivity contribution in [2.45, 2.75) is 12.2 Å². The Labute approximate surface area is 229 Å². The van der Waals surface area contributed by atoms with E-state index in [4.69, 9.17) is 38.3 Å². The highest BCUT2D eigenvalue weighted by atomic mass is 16.7. The molecule has 11 heteroatoms. The molecular weight excluding hydrogens is 524 g/mol. The Morgan fingerprint density at radius 2 is 1.65 bits per heavy atom. The molecule has 11 nitrogen and oxygen atoms in total. The second kappa shape index (κ2) is 10.7. The fraction of sp³-hybridized carbons (Fsp3) is 0.241. The first-order valence-electron chi connectivity index (χ1n) is 12.1. The second-order valence-corrected chi connectivity index (χ2v) is 8.83. The second-order valence-electron chi connectivity index (χ2n) is 8.83. The lowest BCUT2D eigenvalue weighted by Gasteiger charge is -2.26. The Balaban J connectivity index is 1.66. The monoisotopic (exact) mass is 550 g/mol. The van der Waals surface area contributed by atoms with Crippen molar-refractivity contribution in [2.75, 3.05) is 34.7 Å². The molecule has 3 aromatic rings. The van der Waals surface area contributed by atoms with Crippen molar-refractivity contribution < 1.29 is 53.0 Å². The number of hydrogen-bond donors (Lipinski definition) is 2. The summed E-state index contributed by atoms with van der Waals surface area (Å²) in [6.07, 6.45) is -0.0171. The summed E-state index contributed by atoms with van der Waals surface area (Å²) in [5.41, 5.74) is 1.66. The van der Waals surface area contributed by atoms with E-state index < -0.39 is 24.3 Å². The van der Waals surface area contributed by atoms with Crippen molar-refractivity contribution in [1.29, 1.82) is 0 Å². The number of esters is 1. The molecule has 0 aromatic heterocycles. The zero-order valence-corrected chi connectivity index (χ0v) is 21.9. The fourth-order valence-corrected chi connectivity index (χ4v) is 4.73. The number of ether oxygens (including phenoxy) is 7. The number of cyclic esters (lactones) is 1. The Kier molecular flexibility index (Phi) is 7.14. The van der Waals surface area contributed by atoms with Gasteiger partial charge in [-0.15, -0.1) is 0 Å². The third-order valence-electron chi connectivity index (χ3n) is 6.58. The summed E-state index contributed by atoms with van der Waals surface area (Å²) in [6, 6.07) is 14.7. The highest BCUT2D eigenvalue weighted by Crippen LogP contribution is 2.49. The van der Waals surface area contributed by atoms with Crippen molar-refractivity contribution in [3.05, 3.63) is 76.9 Å². The number of rotatable bonds is 10. The van der Waals surface area contributed by atoms with E-state index in [1.807, 2.05) is 0 Å². The van der Waals surface area contributed by atoms with E-state index in [-0.39, 0.29) is 41.6 Å². The predicted octanol–water partition coefficient (Wildman–Crippen LogP) is 3.30. The number of benzene rings is 3. The Hall–Kier alpha value is -4.90. The summed E-state index contributed by atoms with van der Waals surface area (Å²) < 4.78 is 38.3. The van der Waals surface area contributed by atoms with E-state index in [1.165, 1.54) is 27.4 Å². The fourth-order valence-electron chi connectivity index (χ4n) is 4.73. The number of fused-ring (bicyclic) bond motifs is 1. The Morgan fingerprint density at radius 3 is 2.33 bits per heavy atom. The zero-order chi connectivity index (χ0) is 28.4. The van der Waals surface area contributed by atoms with Crippen LogP contribution < -0.4 is 28.4 Å². The van der Waals surface area contributed by atoms with Crippen molar-refractivity contribution in [2.24, 2.45) is 0 Å². The molecule has 208 valence electrons. The molecule has 2 heterocycles. The highest BCUT2D eigenvalue weighted by molar-refractivity contribution is 6.20. The van der Waals surface area contributed by atoms with Gasteiger partial charge in [0.25, 0.3) is 5.79 Å². The number of carbonyl (C=O) groups is 2. The number of carboxylic acid groups (broad SMARTS) is 1. The number of carboxylic acids is 1. The number of aliphatic hydroxyl groups is 1. The molecule has 40 heavy (non-hydrogen) atoms. The van der Waals surface area contributed by atoms with Gasteiger partial charge in [-0.2, -0.15) is 0 Å². The molecule has 0 saturated carbocycles. The standard InChI is InChI=1S/C29H26O11/c1-34-19-8-6-18(7-9-19)29(33)20(25(28(32)40-29)16-4-10-21-23(13-16)39-15-38-21)12-17-5-11-22(37-14-24(30)31)27(36-3)26(17)35-2/h4-11,13,33H,12,14-15H2,1-3H3,(H,30,31). The summed E-state index contributed by atoms with van der Waals surface area (Å²) in [5.74, 6) is -1.94. The zero-order valence-electron chi connectivity index (χ0n) is 21.9. The molecule has 0 bridgehead atoms. The lowest BCUT2D eigenvalue weighted by molar-refractivity contribution is -0.185. The lowest BCUT2D eigenvalue weighted by atomic mass is 9.87. The average molecular weight is 551 g/mol. The minimum Gasteiger partial charge on any atom is -0.497 e. The van der Waals surface area contributed by atoms with Crippen LogP contribution >= 0.6 is 0 Å². The van der Waals surface area contributed by atoms with Gasteiger partial charge in [0.1, 0.15) is 5.75 Å². The van der Waals surface area contributed by atoms with Gasteiger partial charge in [0.05, 0.1) is 26.9 Å².